The van der Waals surface area contributed by atoms with Crippen LogP contribution < -0.4 is 0 Å². The molecule has 4 unspecified atom stereocenters. The molecule has 3 nitrogen and oxygen atoms in total. The molecule has 0 aromatic rings. The summed E-state index contributed by atoms with van der Waals surface area (Å²) in [5.74, 6) is -0.134. The van der Waals surface area contributed by atoms with Crippen molar-refractivity contribution in [3.8, 4) is 0 Å². The molecule has 1 saturated heterocycles. The molecule has 0 aromatic heterocycles. The molecule has 48 heavy (non-hydrogen) atoms. The zero-order valence-electron chi connectivity index (χ0n) is 31.4. The van der Waals surface area contributed by atoms with Gasteiger partial charge in [0.1, 0.15) is 0 Å². The number of halogens is 3. The highest BCUT2D eigenvalue weighted by Crippen LogP contribution is 2.61. The Morgan fingerprint density at radius 1 is 0.917 bits per heavy atom. The molecular formula is C42H72F2INO2. The van der Waals surface area contributed by atoms with E-state index in [-0.39, 0.29) is 24.0 Å². The first-order valence-electron chi connectivity index (χ1n) is 20.5. The van der Waals surface area contributed by atoms with E-state index in [1.807, 2.05) is 0 Å². The zero-order chi connectivity index (χ0) is 34.7. The van der Waals surface area contributed by atoms with Gasteiger partial charge in [0.2, 0.25) is 5.92 Å². The minimum absolute atomic E-state index is 0.00551. The van der Waals surface area contributed by atoms with Gasteiger partial charge in [-0.3, -0.25) is 4.90 Å². The smallest absolute Gasteiger partial charge is 0.245 e. The average Bonchev–Trinajstić information content (AvgIpc) is 3.79. The third-order valence-electron chi connectivity index (χ3n) is 14.4. The first kappa shape index (κ1) is 39.4. The van der Waals surface area contributed by atoms with Gasteiger partial charge in [0, 0.05) is 28.5 Å². The summed E-state index contributed by atoms with van der Waals surface area (Å²) in [6.45, 7) is 10.3. The van der Waals surface area contributed by atoms with Crippen LogP contribution in [0.1, 0.15) is 176 Å². The van der Waals surface area contributed by atoms with Crippen LogP contribution in [-0.4, -0.2) is 55.3 Å². The Morgan fingerprint density at radius 2 is 1.60 bits per heavy atom. The first-order valence-corrected chi connectivity index (χ1v) is 21.7. The highest BCUT2D eigenvalue weighted by atomic mass is 127. The van der Waals surface area contributed by atoms with Crippen LogP contribution in [0.15, 0.2) is 11.6 Å². The summed E-state index contributed by atoms with van der Waals surface area (Å²) < 4.78 is 28.7. The number of alkyl halides is 3. The molecule has 6 atom stereocenters. The summed E-state index contributed by atoms with van der Waals surface area (Å²) in [6.07, 6.45) is 25.9. The molecule has 5 aliphatic rings. The van der Waals surface area contributed by atoms with Gasteiger partial charge in [-0.2, -0.15) is 0 Å². The second-order valence-electron chi connectivity index (χ2n) is 18.9. The Morgan fingerprint density at radius 3 is 2.23 bits per heavy atom. The van der Waals surface area contributed by atoms with Crippen LogP contribution in [0.2, 0.25) is 0 Å². The highest BCUT2D eigenvalue weighted by molar-refractivity contribution is 14.1. The van der Waals surface area contributed by atoms with Crippen LogP contribution in [0.5, 0.6) is 0 Å². The SMILES string of the molecule is CC1=CC(C)[C@@H](CC(O)CCCC(C)(C)CCC(O)C2CCC(N3C(CC4(C5CCC(I)CC5)CC4)C[C@H]3CCC(C)(F)F)CC2)CC1. The van der Waals surface area contributed by atoms with Gasteiger partial charge >= 0.3 is 0 Å². The van der Waals surface area contributed by atoms with Crippen LogP contribution in [0.25, 0.3) is 0 Å². The third-order valence-corrected chi connectivity index (χ3v) is 15.6. The molecule has 1 heterocycles. The summed E-state index contributed by atoms with van der Waals surface area (Å²) in [4.78, 5) is 2.74. The van der Waals surface area contributed by atoms with Crippen LogP contribution in [0.3, 0.4) is 0 Å². The molecule has 0 aromatic carbocycles. The lowest BCUT2D eigenvalue weighted by Crippen LogP contribution is -2.61. The summed E-state index contributed by atoms with van der Waals surface area (Å²) in [5, 5.41) is 22.1. The fraction of sp³-hybridized carbons (Fsp3) is 0.952. The maximum absolute atomic E-state index is 13.9. The maximum atomic E-state index is 13.9. The van der Waals surface area contributed by atoms with Gasteiger partial charge in [0.05, 0.1) is 12.2 Å². The van der Waals surface area contributed by atoms with E-state index in [0.717, 1.165) is 87.4 Å². The number of hydrogen-bond donors (Lipinski definition) is 2. The Labute approximate surface area is 307 Å². The molecule has 4 aliphatic carbocycles. The molecular weight excluding hydrogens is 715 g/mol. The predicted octanol–water partition coefficient (Wildman–Crippen LogP) is 11.7. The van der Waals surface area contributed by atoms with Gasteiger partial charge in [-0.05, 0) is 177 Å². The molecule has 1 aliphatic heterocycles. The highest BCUT2D eigenvalue weighted by Gasteiger charge is 2.54. The van der Waals surface area contributed by atoms with Gasteiger partial charge < -0.3 is 10.2 Å². The molecule has 0 bridgehead atoms. The lowest BCUT2D eigenvalue weighted by atomic mass is 9.70. The monoisotopic (exact) mass is 787 g/mol. The van der Waals surface area contributed by atoms with E-state index in [0.29, 0.717) is 47.7 Å². The molecule has 0 radical (unpaired) electrons. The van der Waals surface area contributed by atoms with Crippen molar-refractivity contribution in [1.82, 2.24) is 4.90 Å². The first-order chi connectivity index (χ1) is 22.6. The number of aliphatic hydroxyl groups excluding tert-OH is 2. The molecule has 4 fully saturated rings. The molecule has 0 amide bonds. The summed E-state index contributed by atoms with van der Waals surface area (Å²) in [6, 6.07) is 1.40. The van der Waals surface area contributed by atoms with Crippen molar-refractivity contribution in [1.29, 1.82) is 0 Å². The fourth-order valence-electron chi connectivity index (χ4n) is 10.9. The summed E-state index contributed by atoms with van der Waals surface area (Å²) in [5.41, 5.74) is 2.22. The Bertz CT molecular complexity index is 1020. The van der Waals surface area contributed by atoms with Gasteiger partial charge in [-0.15, -0.1) is 0 Å². The number of rotatable bonds is 17. The van der Waals surface area contributed by atoms with E-state index in [9.17, 15) is 19.0 Å². The van der Waals surface area contributed by atoms with Gasteiger partial charge in [-0.25, -0.2) is 8.78 Å². The maximum Gasteiger partial charge on any atom is 0.245 e. The minimum atomic E-state index is -2.58. The molecule has 5 rings (SSSR count). The van der Waals surface area contributed by atoms with E-state index in [1.54, 1.807) is 0 Å². The number of likely N-dealkylation sites (tertiary alicyclic amines) is 1. The topological polar surface area (TPSA) is 43.7 Å². The second kappa shape index (κ2) is 16.9. The number of hydrogen-bond acceptors (Lipinski definition) is 3. The van der Waals surface area contributed by atoms with E-state index in [2.05, 4.69) is 61.3 Å². The van der Waals surface area contributed by atoms with Crippen molar-refractivity contribution in [2.24, 2.45) is 34.5 Å². The van der Waals surface area contributed by atoms with Crippen molar-refractivity contribution < 1.29 is 19.0 Å². The van der Waals surface area contributed by atoms with Gasteiger partial charge in [-0.1, -0.05) is 61.4 Å². The van der Waals surface area contributed by atoms with Crippen LogP contribution in [-0.2, 0) is 0 Å². The molecule has 3 saturated carbocycles. The van der Waals surface area contributed by atoms with Gasteiger partial charge in [0.15, 0.2) is 0 Å². The molecule has 2 N–H and O–H groups in total. The van der Waals surface area contributed by atoms with Gasteiger partial charge in [0.25, 0.3) is 0 Å². The number of nitrogens with zero attached hydrogens (tertiary/aromatic N) is 1. The van der Waals surface area contributed by atoms with Crippen molar-refractivity contribution in [2.45, 2.75) is 216 Å². The standard InChI is InChI=1S/C42H72F2INO2/c1-29-8-9-32(30(2)25-29)26-38(47)7-6-20-40(3,4)21-19-39(48)31-10-16-35(17-11-31)46-36(18-22-41(5,43)44)27-37(46)28-42(23-24-42)33-12-14-34(45)15-13-33/h25,30-39,47-48H,6-24,26-28H2,1-5H3/t30?,31?,32-,33?,34?,35?,36-,37?,38?,39?/m1/s1. The molecule has 6 heteroatoms. The van der Waals surface area contributed by atoms with E-state index >= 15 is 0 Å². The average molecular weight is 788 g/mol. The van der Waals surface area contributed by atoms with Crippen molar-refractivity contribution >= 4 is 22.6 Å². The van der Waals surface area contributed by atoms with Crippen molar-refractivity contribution in [2.75, 3.05) is 0 Å². The van der Waals surface area contributed by atoms with E-state index < -0.39 is 5.92 Å². The normalized spacial score (nSPS) is 35.8. The Kier molecular flexibility index (Phi) is 13.9. The van der Waals surface area contributed by atoms with Crippen molar-refractivity contribution in [3.05, 3.63) is 11.6 Å². The Balaban J connectivity index is 1.04. The van der Waals surface area contributed by atoms with Crippen molar-refractivity contribution in [3.63, 3.8) is 0 Å². The number of allylic oxidation sites excluding steroid dienone is 2. The zero-order valence-corrected chi connectivity index (χ0v) is 33.5. The predicted molar refractivity (Wildman–Crippen MR) is 205 cm³/mol. The fourth-order valence-corrected chi connectivity index (χ4v) is 11.6. The lowest BCUT2D eigenvalue weighted by Gasteiger charge is -2.56. The molecule has 0 spiro atoms. The molecule has 278 valence electrons. The lowest BCUT2D eigenvalue weighted by molar-refractivity contribution is -0.0806. The second-order valence-corrected chi connectivity index (χ2v) is 20.7. The van der Waals surface area contributed by atoms with Crippen LogP contribution >= 0.6 is 22.6 Å². The van der Waals surface area contributed by atoms with Crippen LogP contribution in [0.4, 0.5) is 8.78 Å². The van der Waals surface area contributed by atoms with Crippen LogP contribution in [0, 0.1) is 34.5 Å². The largest absolute Gasteiger partial charge is 0.393 e. The number of aliphatic hydroxyl groups is 2. The summed E-state index contributed by atoms with van der Waals surface area (Å²) >= 11 is 2.64. The van der Waals surface area contributed by atoms with E-state index in [4.69, 9.17) is 0 Å². The third kappa shape index (κ3) is 11.1. The summed E-state index contributed by atoms with van der Waals surface area (Å²) in [7, 11) is 0. The quantitative estimate of drug-likeness (QED) is 0.0877. The van der Waals surface area contributed by atoms with E-state index in [1.165, 1.54) is 63.4 Å². The minimum Gasteiger partial charge on any atom is -0.393 e. The Hall–Kier alpha value is 0.210.